The fourth-order valence-corrected chi connectivity index (χ4v) is 5.18. The molecule has 0 saturated carbocycles. The molecule has 17 nitrogen and oxygen atoms in total. The lowest BCUT2D eigenvalue weighted by molar-refractivity contribution is -0.0540. The Bertz CT molecular complexity index is 1270. The minimum absolute atomic E-state index is 0.274. The fourth-order valence-electron chi connectivity index (χ4n) is 2.30. The zero-order valence-electron chi connectivity index (χ0n) is 17.3. The molecule has 1 saturated heterocycles. The third-order valence-electron chi connectivity index (χ3n) is 3.37. The predicted molar refractivity (Wildman–Crippen MR) is 96.1 cm³/mol. The summed E-state index contributed by atoms with van der Waals surface area (Å²) in [7, 11) is -17.9. The number of halogens is 1. The van der Waals surface area contributed by atoms with E-state index in [0.29, 0.717) is 6.33 Å². The molecule has 2 heterocycles. The lowest BCUT2D eigenvalue weighted by Crippen LogP contribution is -2.45. The van der Waals surface area contributed by atoms with Crippen molar-refractivity contribution < 1.29 is 63.4 Å². The van der Waals surface area contributed by atoms with Crippen LogP contribution in [0.1, 0.15) is 15.9 Å². The van der Waals surface area contributed by atoms with E-state index in [1.807, 2.05) is 5.92 Å². The summed E-state index contributed by atoms with van der Waals surface area (Å²) in [6.07, 6.45) is -7.11. The van der Waals surface area contributed by atoms with Gasteiger partial charge >= 0.3 is 34.8 Å². The number of alkyl halides is 1. The van der Waals surface area contributed by atoms with Crippen LogP contribution in [0.5, 0.6) is 0 Å². The number of hydrogen-bond donors (Lipinski definition) is 6. The van der Waals surface area contributed by atoms with Crippen molar-refractivity contribution in [2.24, 2.45) is 0 Å². The zero-order valence-corrected chi connectivity index (χ0v) is 18.0. The molecular formula is C11H15FN3O14P3. The van der Waals surface area contributed by atoms with Gasteiger partial charge in [0.05, 0.1) is 9.30 Å². The molecule has 2 rings (SSSR count). The van der Waals surface area contributed by atoms with Crippen LogP contribution in [0, 0.1) is 11.8 Å². The topological polar surface area (TPSA) is 257 Å². The number of H-pyrrole nitrogens is 1. The molecule has 0 amide bonds. The van der Waals surface area contributed by atoms with E-state index in [1.165, 1.54) is 0 Å². The number of aliphatic hydroxyl groups excluding tert-OH is 1. The number of phosphoric ester groups is 1. The van der Waals surface area contributed by atoms with Gasteiger partial charge in [0.2, 0.25) is 5.67 Å². The normalized spacial score (nSPS) is 30.9. The molecule has 180 valence electrons. The van der Waals surface area contributed by atoms with E-state index in [1.54, 1.807) is 4.98 Å². The van der Waals surface area contributed by atoms with Crippen molar-refractivity contribution in [1.29, 1.82) is 0 Å². The smallest absolute Gasteiger partial charge is 0.386 e. The largest absolute Gasteiger partial charge is 0.490 e. The summed E-state index contributed by atoms with van der Waals surface area (Å²) in [5.41, 5.74) is -5.78. The highest BCUT2D eigenvalue weighted by Gasteiger charge is 2.58. The van der Waals surface area contributed by atoms with Gasteiger partial charge in [-0.2, -0.15) is 13.6 Å². The first-order valence-electron chi connectivity index (χ1n) is 8.71. The molecule has 3 unspecified atom stereocenters. The molecule has 0 aliphatic carbocycles. The molecule has 1 fully saturated rings. The highest BCUT2D eigenvalue weighted by molar-refractivity contribution is 7.66. The van der Waals surface area contributed by atoms with E-state index in [4.69, 9.17) is 22.2 Å². The molecule has 0 bridgehead atoms. The molecule has 1 aromatic rings. The van der Waals surface area contributed by atoms with Crippen LogP contribution in [0.25, 0.3) is 0 Å². The maximum Gasteiger partial charge on any atom is 0.490 e. The number of nitrogens with one attached hydrogen (secondary N) is 1. The van der Waals surface area contributed by atoms with Gasteiger partial charge in [0, 0.05) is 0 Å². The van der Waals surface area contributed by atoms with Crippen molar-refractivity contribution in [1.82, 2.24) is 14.5 Å². The van der Waals surface area contributed by atoms with Crippen LogP contribution in [0.2, 0.25) is 0 Å². The molecule has 6 N–H and O–H groups in total. The third kappa shape index (κ3) is 6.49. The number of aliphatic hydroxyl groups is 1. The van der Waals surface area contributed by atoms with Crippen LogP contribution < -0.4 is 11.4 Å². The first-order valence-corrected chi connectivity index (χ1v) is 12.2. The second kappa shape index (κ2) is 9.35. The summed E-state index contributed by atoms with van der Waals surface area (Å²) in [4.78, 5) is 63.7. The van der Waals surface area contributed by atoms with Gasteiger partial charge < -0.3 is 29.4 Å². The Balaban J connectivity index is 2.41. The maximum absolute atomic E-state index is 15.6. The average Bonchev–Trinajstić information content (AvgIpc) is 2.83. The molecule has 0 spiro atoms. The van der Waals surface area contributed by atoms with Gasteiger partial charge in [-0.3, -0.25) is 14.1 Å². The summed E-state index contributed by atoms with van der Waals surface area (Å²) < 4.78 is 81.3. The maximum atomic E-state index is 15.6. The zero-order chi connectivity index (χ0) is 26.3. The molecule has 32 heavy (non-hydrogen) atoms. The van der Waals surface area contributed by atoms with Crippen molar-refractivity contribution >= 4 is 23.5 Å². The molecule has 1 aliphatic rings. The number of aromatic nitrogens is 3. The van der Waals surface area contributed by atoms with Gasteiger partial charge in [-0.05, 0) is 6.92 Å². The molecular weight excluding hydrogens is 510 g/mol. The van der Waals surface area contributed by atoms with Crippen LogP contribution in [0.15, 0.2) is 15.9 Å². The van der Waals surface area contributed by atoms with E-state index < -0.39 is 65.5 Å². The predicted octanol–water partition coefficient (Wildman–Crippen LogP) is -1.74. The lowest BCUT2D eigenvalue weighted by Gasteiger charge is -2.23. The quantitative estimate of drug-likeness (QED) is 0.162. The van der Waals surface area contributed by atoms with E-state index in [9.17, 15) is 33.3 Å². The number of rotatable bonds is 8. The second-order valence-electron chi connectivity index (χ2n) is 5.68. The summed E-state index contributed by atoms with van der Waals surface area (Å²) in [6, 6.07) is 0. The van der Waals surface area contributed by atoms with Crippen LogP contribution in [0.4, 0.5) is 4.39 Å². The minimum atomic E-state index is -6.10. The average molecular weight is 527 g/mol. The monoisotopic (exact) mass is 527 g/mol. The Morgan fingerprint density at radius 3 is 2.47 bits per heavy atom. The highest BCUT2D eigenvalue weighted by atomic mass is 31.3. The summed E-state index contributed by atoms with van der Waals surface area (Å²) >= 11 is 0. The molecule has 21 heteroatoms. The number of hydrogen-bond acceptors (Lipinski definition) is 11. The lowest BCUT2D eigenvalue weighted by atomic mass is 9.96. The summed E-state index contributed by atoms with van der Waals surface area (Å²) in [5, 5.41) is 10.4. The fraction of sp³-hybridized carbons (Fsp3) is 0.545. The van der Waals surface area contributed by atoms with E-state index >= 15 is 4.39 Å². The van der Waals surface area contributed by atoms with E-state index in [0.717, 1.165) is 6.92 Å². The van der Waals surface area contributed by atoms with Crippen LogP contribution in [-0.4, -0.2) is 63.7 Å². The van der Waals surface area contributed by atoms with Gasteiger partial charge in [0.15, 0.2) is 6.23 Å². The van der Waals surface area contributed by atoms with E-state index in [2.05, 4.69) is 24.0 Å². The van der Waals surface area contributed by atoms with Crippen LogP contribution in [0.3, 0.4) is 0 Å². The molecule has 0 aromatic carbocycles. The standard InChI is InChI=1S/C11H15FN3O14P3/c1-2-3-11(12)7(16)6(27-8(11)15-5-13-9(17)14-10(15)18)4-26-31(22,23)29-32(24,25)28-30(19,20)21/h5-8,16H,4H2,1H3,(H,22,23)(H,24,25)(H,14,17,18)(H2,19,20,21)/t6-,7+,8-,11?/m1/s1/i4D2. The number of phosphoric acid groups is 3. The van der Waals surface area contributed by atoms with Crippen molar-refractivity contribution in [3.8, 4) is 11.8 Å². The first kappa shape index (κ1) is 23.6. The number of ether oxygens (including phenoxy) is 1. The molecule has 1 aliphatic heterocycles. The SMILES string of the molecule is [2H]C([2H])(OP(=O)(O)OP(=O)(O)OP(=O)(O)O)[C@H]1O[C@@H](n2cnc(=O)[nH]c2=O)C(F)(C#CC)[C@H]1O. The van der Waals surface area contributed by atoms with Gasteiger partial charge in [-0.1, -0.05) is 5.92 Å². The van der Waals surface area contributed by atoms with Gasteiger partial charge in [-0.15, -0.1) is 5.92 Å². The Morgan fingerprint density at radius 1 is 1.31 bits per heavy atom. The molecule has 1 aromatic heterocycles. The summed E-state index contributed by atoms with van der Waals surface area (Å²) in [5.74, 6) is 3.90. The minimum Gasteiger partial charge on any atom is -0.386 e. The van der Waals surface area contributed by atoms with Crippen molar-refractivity contribution in [2.45, 2.75) is 31.0 Å². The van der Waals surface area contributed by atoms with Crippen molar-refractivity contribution in [3.05, 3.63) is 27.3 Å². The Labute approximate surface area is 179 Å². The Morgan fingerprint density at radius 2 is 1.94 bits per heavy atom. The first-order chi connectivity index (χ1) is 15.2. The Hall–Kier alpha value is -1.57. The third-order valence-corrected chi connectivity index (χ3v) is 7.03. The van der Waals surface area contributed by atoms with Crippen molar-refractivity contribution in [3.63, 3.8) is 0 Å². The number of nitrogens with zero attached hydrogens (tertiary/aromatic N) is 2. The van der Waals surface area contributed by atoms with Crippen molar-refractivity contribution in [2.75, 3.05) is 6.56 Å². The molecule has 0 radical (unpaired) electrons. The Kier molecular flexibility index (Phi) is 6.89. The highest BCUT2D eigenvalue weighted by Crippen LogP contribution is 2.66. The second-order valence-corrected chi connectivity index (χ2v) is 10.0. The van der Waals surface area contributed by atoms with Crippen LogP contribution >= 0.6 is 23.5 Å². The van der Waals surface area contributed by atoms with Crippen LogP contribution in [-0.2, 0) is 31.6 Å². The summed E-state index contributed by atoms with van der Waals surface area (Å²) in [6.45, 7) is -2.68. The van der Waals surface area contributed by atoms with Gasteiger partial charge in [0.25, 0.3) is 0 Å². The molecule has 6 atom stereocenters. The van der Waals surface area contributed by atoms with Gasteiger partial charge in [-0.25, -0.2) is 27.7 Å². The van der Waals surface area contributed by atoms with Gasteiger partial charge in [0.1, 0.15) is 18.5 Å². The number of aromatic amines is 1. The van der Waals surface area contributed by atoms with E-state index in [-0.39, 0.29) is 4.57 Å².